The second-order valence-electron chi connectivity index (χ2n) is 6.79. The largest absolute Gasteiger partial charge is 0.426 e. The Balaban J connectivity index is 1.71. The Bertz CT molecular complexity index is 809. The number of aromatic nitrogens is 4. The van der Waals surface area contributed by atoms with Crippen molar-refractivity contribution in [2.45, 2.75) is 44.4 Å². The highest BCUT2D eigenvalue weighted by atomic mass is 19.4. The number of alkyl halides is 3. The van der Waals surface area contributed by atoms with Crippen molar-refractivity contribution < 1.29 is 23.1 Å². The Labute approximate surface area is 153 Å². The van der Waals surface area contributed by atoms with Gasteiger partial charge < -0.3 is 10.0 Å². The molecule has 1 aliphatic heterocycles. The predicted octanol–water partition coefficient (Wildman–Crippen LogP) is 1.99. The first-order valence-electron chi connectivity index (χ1n) is 8.52. The molecular weight excluding hydrogens is 363 g/mol. The van der Waals surface area contributed by atoms with E-state index in [9.17, 15) is 23.1 Å². The van der Waals surface area contributed by atoms with E-state index >= 15 is 0 Å². The number of halogens is 3. The van der Waals surface area contributed by atoms with Gasteiger partial charge in [-0.3, -0.25) is 4.79 Å². The number of aryl methyl sites for hydroxylation is 1. The van der Waals surface area contributed by atoms with Crippen LogP contribution in [-0.4, -0.2) is 60.5 Å². The molecule has 2 aromatic heterocycles. The molecule has 1 amide bonds. The lowest BCUT2D eigenvalue weighted by Gasteiger charge is -2.36. The number of rotatable bonds is 3. The van der Waals surface area contributed by atoms with Crippen molar-refractivity contribution in [3.8, 4) is 5.69 Å². The van der Waals surface area contributed by atoms with E-state index in [-0.39, 0.29) is 19.0 Å². The molecule has 27 heavy (non-hydrogen) atoms. The fourth-order valence-corrected chi connectivity index (χ4v) is 3.14. The number of amides is 1. The van der Waals surface area contributed by atoms with Crippen LogP contribution in [0.25, 0.3) is 5.69 Å². The van der Waals surface area contributed by atoms with Gasteiger partial charge in [-0.1, -0.05) is 0 Å². The minimum Gasteiger partial charge on any atom is -0.373 e. The van der Waals surface area contributed by atoms with Gasteiger partial charge in [-0.15, -0.1) is 0 Å². The van der Waals surface area contributed by atoms with Gasteiger partial charge in [0.1, 0.15) is 11.5 Å². The van der Waals surface area contributed by atoms with Crippen LogP contribution in [-0.2, 0) is 4.79 Å². The number of carbonyl (C=O) groups excluding carboxylic acids is 1. The van der Waals surface area contributed by atoms with E-state index in [4.69, 9.17) is 0 Å². The van der Waals surface area contributed by atoms with Crippen molar-refractivity contribution in [2.24, 2.45) is 0 Å². The molecule has 0 spiro atoms. The van der Waals surface area contributed by atoms with Crippen LogP contribution in [0.2, 0.25) is 0 Å². The average molecular weight is 383 g/mol. The Morgan fingerprint density at radius 2 is 1.81 bits per heavy atom. The summed E-state index contributed by atoms with van der Waals surface area (Å²) >= 11 is 0. The zero-order valence-electron chi connectivity index (χ0n) is 14.9. The third-order valence-electron chi connectivity index (χ3n) is 4.85. The van der Waals surface area contributed by atoms with Crippen molar-refractivity contribution >= 4 is 5.91 Å². The maximum atomic E-state index is 12.9. The zero-order chi connectivity index (χ0) is 19.8. The number of carbonyl (C=O) groups is 1. The highest BCUT2D eigenvalue weighted by Gasteiger charge is 2.57. The average Bonchev–Trinajstić information content (AvgIpc) is 3.10. The van der Waals surface area contributed by atoms with Crippen molar-refractivity contribution in [2.75, 3.05) is 13.1 Å². The molecule has 0 radical (unpaired) electrons. The lowest BCUT2D eigenvalue weighted by atomic mass is 9.92. The fraction of sp³-hybridized carbons (Fsp3) is 0.529. The number of likely N-dealkylation sites (tertiary alicyclic amines) is 1. The van der Waals surface area contributed by atoms with E-state index in [0.29, 0.717) is 31.3 Å². The summed E-state index contributed by atoms with van der Waals surface area (Å²) in [5.41, 5.74) is -1.79. The van der Waals surface area contributed by atoms with Crippen molar-refractivity contribution in [1.29, 1.82) is 0 Å². The summed E-state index contributed by atoms with van der Waals surface area (Å²) in [7, 11) is 0. The molecule has 10 heteroatoms. The van der Waals surface area contributed by atoms with E-state index in [0.717, 1.165) is 10.6 Å². The quantitative estimate of drug-likeness (QED) is 0.876. The van der Waals surface area contributed by atoms with Gasteiger partial charge in [-0.2, -0.15) is 18.3 Å². The van der Waals surface area contributed by atoms with Gasteiger partial charge in [-0.05, 0) is 32.8 Å². The Morgan fingerprint density at radius 3 is 2.37 bits per heavy atom. The summed E-state index contributed by atoms with van der Waals surface area (Å²) in [6.07, 6.45) is 0.873. The highest BCUT2D eigenvalue weighted by Crippen LogP contribution is 2.34. The number of hydrogen-bond acceptors (Lipinski definition) is 5. The SMILES string of the molecule is Cc1ncc(-n2nccc2C2CCN(C(=O)C(C)(O)C(F)(F)F)CC2)cn1. The third kappa shape index (κ3) is 3.66. The van der Waals surface area contributed by atoms with E-state index in [1.165, 1.54) is 0 Å². The molecule has 3 rings (SSSR count). The molecule has 3 heterocycles. The molecule has 1 unspecified atom stereocenters. The Morgan fingerprint density at radius 1 is 1.22 bits per heavy atom. The van der Waals surface area contributed by atoms with Crippen LogP contribution >= 0.6 is 0 Å². The molecule has 1 saturated heterocycles. The van der Waals surface area contributed by atoms with E-state index in [1.807, 2.05) is 6.07 Å². The number of nitrogens with zero attached hydrogens (tertiary/aromatic N) is 5. The van der Waals surface area contributed by atoms with E-state index < -0.39 is 17.7 Å². The smallest absolute Gasteiger partial charge is 0.373 e. The summed E-state index contributed by atoms with van der Waals surface area (Å²) in [6, 6.07) is 1.84. The Kier molecular flexibility index (Phi) is 4.94. The molecule has 0 saturated carbocycles. The van der Waals surface area contributed by atoms with Crippen LogP contribution in [0.3, 0.4) is 0 Å². The molecule has 1 fully saturated rings. The van der Waals surface area contributed by atoms with Gasteiger partial charge in [-0.25, -0.2) is 14.6 Å². The third-order valence-corrected chi connectivity index (χ3v) is 4.85. The summed E-state index contributed by atoms with van der Waals surface area (Å²) in [6.45, 7) is 2.53. The molecule has 1 atom stereocenters. The molecule has 1 aliphatic rings. The molecule has 1 N–H and O–H groups in total. The maximum Gasteiger partial charge on any atom is 0.426 e. The van der Waals surface area contributed by atoms with Gasteiger partial charge in [0, 0.05) is 30.9 Å². The lowest BCUT2D eigenvalue weighted by Crippen LogP contribution is -2.57. The monoisotopic (exact) mass is 383 g/mol. The predicted molar refractivity (Wildman–Crippen MR) is 89.1 cm³/mol. The molecule has 2 aromatic rings. The maximum absolute atomic E-state index is 12.9. The summed E-state index contributed by atoms with van der Waals surface area (Å²) in [5.74, 6) is -0.654. The first-order chi connectivity index (χ1) is 12.6. The van der Waals surface area contributed by atoms with Crippen molar-refractivity contribution in [1.82, 2.24) is 24.6 Å². The number of piperidine rings is 1. The molecule has 0 bridgehead atoms. The van der Waals surface area contributed by atoms with Crippen LogP contribution in [0.15, 0.2) is 24.7 Å². The van der Waals surface area contributed by atoms with Gasteiger partial charge >= 0.3 is 6.18 Å². The minimum absolute atomic E-state index is 0.0219. The van der Waals surface area contributed by atoms with Crippen molar-refractivity contribution in [3.63, 3.8) is 0 Å². The van der Waals surface area contributed by atoms with Crippen molar-refractivity contribution in [3.05, 3.63) is 36.2 Å². The van der Waals surface area contributed by atoms with E-state index in [2.05, 4.69) is 15.1 Å². The van der Waals surface area contributed by atoms with Crippen LogP contribution in [0, 0.1) is 6.92 Å². The molecule has 0 aromatic carbocycles. The molecular formula is C17H20F3N5O2. The first kappa shape index (κ1) is 19.3. The van der Waals surface area contributed by atoms with Gasteiger partial charge in [0.25, 0.3) is 5.91 Å². The standard InChI is InChI=1S/C17H20F3N5O2/c1-11-21-9-13(10-22-11)25-14(3-6-23-25)12-4-7-24(8-5-12)15(26)16(2,27)17(18,19)20/h3,6,9-10,12,27H,4-5,7-8H2,1-2H3. The van der Waals surface area contributed by atoms with E-state index in [1.54, 1.807) is 30.2 Å². The highest BCUT2D eigenvalue weighted by molar-refractivity contribution is 5.85. The number of hydrogen-bond donors (Lipinski definition) is 1. The normalized spacial score (nSPS) is 18.4. The topological polar surface area (TPSA) is 84.1 Å². The summed E-state index contributed by atoms with van der Waals surface area (Å²) in [4.78, 5) is 21.5. The zero-order valence-corrected chi connectivity index (χ0v) is 14.9. The molecule has 7 nitrogen and oxygen atoms in total. The second-order valence-corrected chi connectivity index (χ2v) is 6.79. The summed E-state index contributed by atoms with van der Waals surface area (Å²) in [5, 5.41) is 13.9. The Hall–Kier alpha value is -2.49. The number of aliphatic hydroxyl groups is 1. The first-order valence-corrected chi connectivity index (χ1v) is 8.52. The molecule has 146 valence electrons. The fourth-order valence-electron chi connectivity index (χ4n) is 3.14. The summed E-state index contributed by atoms with van der Waals surface area (Å²) < 4.78 is 40.4. The van der Waals surface area contributed by atoms with Gasteiger partial charge in [0.15, 0.2) is 0 Å². The van der Waals surface area contributed by atoms with Gasteiger partial charge in [0.2, 0.25) is 5.60 Å². The second kappa shape index (κ2) is 6.91. The van der Waals surface area contributed by atoms with Crippen LogP contribution in [0.5, 0.6) is 0 Å². The molecule has 0 aliphatic carbocycles. The minimum atomic E-state index is -5.01. The lowest BCUT2D eigenvalue weighted by molar-refractivity contribution is -0.250. The van der Waals surface area contributed by atoms with Crippen LogP contribution in [0.1, 0.15) is 37.2 Å². The van der Waals surface area contributed by atoms with Gasteiger partial charge in [0.05, 0.1) is 12.4 Å². The van der Waals surface area contributed by atoms with Crippen LogP contribution in [0.4, 0.5) is 13.2 Å². The van der Waals surface area contributed by atoms with Crippen LogP contribution < -0.4 is 0 Å².